The Morgan fingerprint density at radius 3 is 2.47 bits per heavy atom. The minimum atomic E-state index is -1.05. The van der Waals surface area contributed by atoms with Gasteiger partial charge in [-0.3, -0.25) is 4.21 Å². The maximum absolute atomic E-state index is 12.7. The molecule has 96 valence electrons. The Hall–Kier alpha value is -0.740. The lowest BCUT2D eigenvalue weighted by atomic mass is 10.2. The molecule has 0 aliphatic rings. The van der Waals surface area contributed by atoms with Gasteiger partial charge in [0.2, 0.25) is 0 Å². The van der Waals surface area contributed by atoms with E-state index in [-0.39, 0.29) is 11.9 Å². The highest BCUT2D eigenvalue weighted by atomic mass is 32.2. The largest absolute Gasteiger partial charge is 0.313 e. The van der Waals surface area contributed by atoms with E-state index in [0.29, 0.717) is 10.6 Å². The molecule has 2 atom stereocenters. The Kier molecular flexibility index (Phi) is 6.37. The summed E-state index contributed by atoms with van der Waals surface area (Å²) in [4.78, 5) is 0.697. The summed E-state index contributed by atoms with van der Waals surface area (Å²) in [6.45, 7) is 5.13. The van der Waals surface area contributed by atoms with Crippen molar-refractivity contribution in [3.05, 3.63) is 30.1 Å². The van der Waals surface area contributed by atoms with Crippen LogP contribution in [0.5, 0.6) is 0 Å². The Morgan fingerprint density at radius 1 is 1.29 bits per heavy atom. The van der Waals surface area contributed by atoms with Crippen LogP contribution in [0.2, 0.25) is 0 Å². The van der Waals surface area contributed by atoms with Gasteiger partial charge < -0.3 is 5.32 Å². The summed E-state index contributed by atoms with van der Waals surface area (Å²) in [5.74, 6) is 0.296. The van der Waals surface area contributed by atoms with Crippen molar-refractivity contribution in [2.24, 2.45) is 0 Å². The first-order chi connectivity index (χ1) is 8.17. The molecule has 0 heterocycles. The van der Waals surface area contributed by atoms with E-state index in [2.05, 4.69) is 19.2 Å². The lowest BCUT2D eigenvalue weighted by Gasteiger charge is -2.15. The van der Waals surface area contributed by atoms with Crippen molar-refractivity contribution < 1.29 is 8.60 Å². The molecule has 2 unspecified atom stereocenters. The van der Waals surface area contributed by atoms with E-state index in [1.165, 1.54) is 12.1 Å². The summed E-state index contributed by atoms with van der Waals surface area (Å²) < 4.78 is 24.8. The van der Waals surface area contributed by atoms with Gasteiger partial charge in [0.1, 0.15) is 5.82 Å². The van der Waals surface area contributed by atoms with Gasteiger partial charge in [0.25, 0.3) is 0 Å². The molecule has 0 amide bonds. The summed E-state index contributed by atoms with van der Waals surface area (Å²) in [5, 5.41) is 3.36. The van der Waals surface area contributed by atoms with Crippen LogP contribution < -0.4 is 5.32 Å². The molecule has 1 aromatic carbocycles. The molecule has 0 aliphatic heterocycles. The average molecular weight is 257 g/mol. The molecule has 17 heavy (non-hydrogen) atoms. The Bertz CT molecular complexity index is 353. The summed E-state index contributed by atoms with van der Waals surface area (Å²) in [7, 11) is -1.05. The predicted octanol–water partition coefficient (Wildman–Crippen LogP) is 2.71. The van der Waals surface area contributed by atoms with Crippen LogP contribution in [0.1, 0.15) is 26.7 Å². The fraction of sp³-hybridized carbons (Fsp3) is 0.538. The van der Waals surface area contributed by atoms with Crippen molar-refractivity contribution in [3.63, 3.8) is 0 Å². The molecule has 0 aromatic heterocycles. The normalized spacial score (nSPS) is 14.5. The molecule has 1 aromatic rings. The number of benzene rings is 1. The molecule has 0 fully saturated rings. The molecule has 0 saturated carbocycles. The average Bonchev–Trinajstić information content (AvgIpc) is 2.35. The second kappa shape index (κ2) is 7.56. The Morgan fingerprint density at radius 2 is 1.94 bits per heavy atom. The van der Waals surface area contributed by atoms with Gasteiger partial charge in [0.15, 0.2) is 0 Å². The highest BCUT2D eigenvalue weighted by Crippen LogP contribution is 2.10. The van der Waals surface area contributed by atoms with E-state index in [1.54, 1.807) is 12.1 Å². The maximum Gasteiger partial charge on any atom is 0.123 e. The standard InChI is InChI=1S/C13H20FNOS/c1-3-9-15-12(4-2)10-17(16)13-7-5-11(14)6-8-13/h5-8,12,15H,3-4,9-10H2,1-2H3. The second-order valence-electron chi connectivity index (χ2n) is 4.03. The summed E-state index contributed by atoms with van der Waals surface area (Å²) in [6, 6.07) is 6.16. The van der Waals surface area contributed by atoms with Crippen molar-refractivity contribution >= 4 is 10.8 Å². The Balaban J connectivity index is 2.54. The molecular weight excluding hydrogens is 237 g/mol. The quantitative estimate of drug-likeness (QED) is 0.813. The number of hydrogen-bond acceptors (Lipinski definition) is 2. The van der Waals surface area contributed by atoms with Gasteiger partial charge in [-0.25, -0.2) is 4.39 Å². The molecule has 1 rings (SSSR count). The maximum atomic E-state index is 12.7. The molecule has 0 aliphatic carbocycles. The van der Waals surface area contributed by atoms with Gasteiger partial charge in [-0.1, -0.05) is 13.8 Å². The first-order valence-electron chi connectivity index (χ1n) is 6.04. The third kappa shape index (κ3) is 4.96. The van der Waals surface area contributed by atoms with Gasteiger partial charge in [0.05, 0.1) is 10.8 Å². The van der Waals surface area contributed by atoms with Crippen LogP contribution in [-0.2, 0) is 10.8 Å². The fourth-order valence-corrected chi connectivity index (χ4v) is 2.89. The van der Waals surface area contributed by atoms with Crippen LogP contribution in [0.15, 0.2) is 29.2 Å². The topological polar surface area (TPSA) is 29.1 Å². The molecule has 1 N–H and O–H groups in total. The van der Waals surface area contributed by atoms with E-state index in [9.17, 15) is 8.60 Å². The first kappa shape index (κ1) is 14.3. The van der Waals surface area contributed by atoms with Crippen molar-refractivity contribution in [1.82, 2.24) is 5.32 Å². The van der Waals surface area contributed by atoms with Crippen LogP contribution in [0.4, 0.5) is 4.39 Å². The first-order valence-corrected chi connectivity index (χ1v) is 7.36. The van der Waals surface area contributed by atoms with E-state index in [4.69, 9.17) is 0 Å². The highest BCUT2D eigenvalue weighted by Gasteiger charge is 2.11. The summed E-state index contributed by atoms with van der Waals surface area (Å²) in [5.41, 5.74) is 0. The van der Waals surface area contributed by atoms with E-state index in [1.807, 2.05) is 0 Å². The van der Waals surface area contributed by atoms with Crippen molar-refractivity contribution in [1.29, 1.82) is 0 Å². The number of halogens is 1. The van der Waals surface area contributed by atoms with Crippen molar-refractivity contribution in [3.8, 4) is 0 Å². The molecule has 2 nitrogen and oxygen atoms in total. The van der Waals surface area contributed by atoms with Crippen molar-refractivity contribution in [2.45, 2.75) is 37.6 Å². The summed E-state index contributed by atoms with van der Waals surface area (Å²) in [6.07, 6.45) is 2.02. The van der Waals surface area contributed by atoms with Crippen LogP contribution in [0, 0.1) is 5.82 Å². The van der Waals surface area contributed by atoms with Gasteiger partial charge in [-0.15, -0.1) is 0 Å². The zero-order valence-corrected chi connectivity index (χ0v) is 11.2. The van der Waals surface area contributed by atoms with Crippen LogP contribution in [-0.4, -0.2) is 22.5 Å². The van der Waals surface area contributed by atoms with Gasteiger partial charge >= 0.3 is 0 Å². The third-order valence-corrected chi connectivity index (χ3v) is 4.11. The van der Waals surface area contributed by atoms with E-state index >= 15 is 0 Å². The molecule has 0 saturated heterocycles. The van der Waals surface area contributed by atoms with Crippen LogP contribution in [0.25, 0.3) is 0 Å². The minimum Gasteiger partial charge on any atom is -0.313 e. The molecule has 0 radical (unpaired) electrons. The number of nitrogens with one attached hydrogen (secondary N) is 1. The van der Waals surface area contributed by atoms with Crippen LogP contribution in [0.3, 0.4) is 0 Å². The number of rotatable bonds is 7. The van der Waals surface area contributed by atoms with Gasteiger partial charge in [-0.2, -0.15) is 0 Å². The molecular formula is C13H20FNOS. The monoisotopic (exact) mass is 257 g/mol. The smallest absolute Gasteiger partial charge is 0.123 e. The van der Waals surface area contributed by atoms with Gasteiger partial charge in [-0.05, 0) is 43.7 Å². The Labute approximate surface area is 105 Å². The van der Waals surface area contributed by atoms with E-state index in [0.717, 1.165) is 19.4 Å². The van der Waals surface area contributed by atoms with Gasteiger partial charge in [0, 0.05) is 16.7 Å². The zero-order valence-electron chi connectivity index (χ0n) is 10.4. The molecule has 4 heteroatoms. The van der Waals surface area contributed by atoms with E-state index < -0.39 is 10.8 Å². The molecule has 0 spiro atoms. The highest BCUT2D eigenvalue weighted by molar-refractivity contribution is 7.85. The fourth-order valence-electron chi connectivity index (χ4n) is 1.53. The molecule has 0 bridgehead atoms. The third-order valence-electron chi connectivity index (χ3n) is 2.60. The lowest BCUT2D eigenvalue weighted by Crippen LogP contribution is -2.34. The van der Waals surface area contributed by atoms with Crippen LogP contribution >= 0.6 is 0 Å². The number of hydrogen-bond donors (Lipinski definition) is 1. The van der Waals surface area contributed by atoms with Crippen molar-refractivity contribution in [2.75, 3.05) is 12.3 Å². The second-order valence-corrected chi connectivity index (χ2v) is 5.52. The lowest BCUT2D eigenvalue weighted by molar-refractivity contribution is 0.534. The summed E-state index contributed by atoms with van der Waals surface area (Å²) >= 11 is 0. The SMILES string of the molecule is CCCNC(CC)CS(=O)c1ccc(F)cc1. The minimum absolute atomic E-state index is 0.265. The zero-order chi connectivity index (χ0) is 12.7. The predicted molar refractivity (Wildman–Crippen MR) is 70.0 cm³/mol.